The molecule has 0 atom stereocenters. The minimum Gasteiger partial charge on any atom is -0.334 e. The molecule has 22 heavy (non-hydrogen) atoms. The number of carbonyl (C=O) groups is 2. The number of amides is 2. The Morgan fingerprint density at radius 3 is 2.41 bits per heavy atom. The summed E-state index contributed by atoms with van der Waals surface area (Å²) in [6, 6.07) is 5.93. The van der Waals surface area contributed by atoms with E-state index in [1.54, 1.807) is 4.90 Å². The number of benzene rings is 1. The summed E-state index contributed by atoms with van der Waals surface area (Å²) < 4.78 is 0. The molecule has 1 aromatic rings. The molecule has 2 amide bonds. The number of hydrogen-bond donors (Lipinski definition) is 1. The normalized spacial score (nSPS) is 10.6. The molecule has 0 aliphatic carbocycles. The summed E-state index contributed by atoms with van der Waals surface area (Å²) in [6.45, 7) is 7.01. The van der Waals surface area contributed by atoms with E-state index >= 15 is 0 Å². The van der Waals surface area contributed by atoms with Crippen molar-refractivity contribution in [1.29, 1.82) is 0 Å². The summed E-state index contributed by atoms with van der Waals surface area (Å²) in [5.74, 6) is -0.233. The zero-order valence-corrected chi connectivity index (χ0v) is 14.3. The van der Waals surface area contributed by atoms with Crippen molar-refractivity contribution < 1.29 is 9.59 Å². The zero-order chi connectivity index (χ0) is 16.7. The first kappa shape index (κ1) is 18.2. The van der Waals surface area contributed by atoms with Crippen molar-refractivity contribution in [2.24, 2.45) is 0 Å². The Balaban J connectivity index is 2.59. The maximum Gasteiger partial charge on any atom is 0.244 e. The number of hydrogen-bond acceptors (Lipinski definition) is 3. The van der Waals surface area contributed by atoms with Crippen LogP contribution in [0.3, 0.4) is 0 Å². The summed E-state index contributed by atoms with van der Waals surface area (Å²) in [7, 11) is 3.98. The smallest absolute Gasteiger partial charge is 0.244 e. The van der Waals surface area contributed by atoms with E-state index in [4.69, 9.17) is 0 Å². The Morgan fingerprint density at radius 1 is 1.14 bits per heavy atom. The van der Waals surface area contributed by atoms with E-state index in [1.807, 2.05) is 46.1 Å². The molecule has 5 nitrogen and oxygen atoms in total. The first-order chi connectivity index (χ1) is 10.3. The number of anilines is 1. The van der Waals surface area contributed by atoms with Gasteiger partial charge in [0.1, 0.15) is 0 Å². The van der Waals surface area contributed by atoms with E-state index in [0.717, 1.165) is 29.8 Å². The quantitative estimate of drug-likeness (QED) is 0.839. The predicted molar refractivity (Wildman–Crippen MR) is 90.0 cm³/mol. The molecular weight excluding hydrogens is 278 g/mol. The van der Waals surface area contributed by atoms with Crippen molar-refractivity contribution in [1.82, 2.24) is 9.80 Å². The minimum absolute atomic E-state index is 0.0742. The topological polar surface area (TPSA) is 52.7 Å². The van der Waals surface area contributed by atoms with Crippen molar-refractivity contribution in [2.75, 3.05) is 39.0 Å². The summed E-state index contributed by atoms with van der Waals surface area (Å²) >= 11 is 0. The zero-order valence-electron chi connectivity index (χ0n) is 14.3. The standard InChI is InChI=1S/C17H27N3O2/c1-13-7-8-14(2)16(11-13)18-17(22)12-20(15(3)21)10-6-9-19(4)5/h7-8,11H,6,9-10,12H2,1-5H3,(H,18,22). The van der Waals surface area contributed by atoms with Gasteiger partial charge in [-0.1, -0.05) is 12.1 Å². The third-order valence-corrected chi connectivity index (χ3v) is 3.48. The molecule has 0 fully saturated rings. The Bertz CT molecular complexity index is 527. The fraction of sp³-hybridized carbons (Fsp3) is 0.529. The van der Waals surface area contributed by atoms with Gasteiger partial charge in [-0.2, -0.15) is 0 Å². The molecule has 0 saturated heterocycles. The van der Waals surface area contributed by atoms with Crippen LogP contribution >= 0.6 is 0 Å². The third kappa shape index (κ3) is 6.26. The van der Waals surface area contributed by atoms with Crippen LogP contribution in [0.4, 0.5) is 5.69 Å². The van der Waals surface area contributed by atoms with Gasteiger partial charge >= 0.3 is 0 Å². The van der Waals surface area contributed by atoms with E-state index < -0.39 is 0 Å². The molecule has 1 aromatic carbocycles. The Labute approximate surface area is 133 Å². The van der Waals surface area contributed by atoms with Crippen LogP contribution in [-0.2, 0) is 9.59 Å². The summed E-state index contributed by atoms with van der Waals surface area (Å²) in [4.78, 5) is 27.5. The highest BCUT2D eigenvalue weighted by molar-refractivity contribution is 5.94. The molecule has 0 saturated carbocycles. The highest BCUT2D eigenvalue weighted by atomic mass is 16.2. The van der Waals surface area contributed by atoms with E-state index in [-0.39, 0.29) is 18.4 Å². The lowest BCUT2D eigenvalue weighted by Crippen LogP contribution is -2.38. The van der Waals surface area contributed by atoms with Gasteiger partial charge in [-0.3, -0.25) is 9.59 Å². The van der Waals surface area contributed by atoms with Gasteiger partial charge < -0.3 is 15.1 Å². The lowest BCUT2D eigenvalue weighted by molar-refractivity contribution is -0.132. The lowest BCUT2D eigenvalue weighted by atomic mass is 10.1. The fourth-order valence-corrected chi connectivity index (χ4v) is 2.16. The lowest BCUT2D eigenvalue weighted by Gasteiger charge is -2.21. The second kappa shape index (κ2) is 8.54. The van der Waals surface area contributed by atoms with E-state index in [0.29, 0.717) is 6.54 Å². The van der Waals surface area contributed by atoms with Crippen LogP contribution in [0.1, 0.15) is 24.5 Å². The van der Waals surface area contributed by atoms with Crippen LogP contribution in [0, 0.1) is 13.8 Å². The molecule has 0 unspecified atom stereocenters. The molecular formula is C17H27N3O2. The summed E-state index contributed by atoms with van der Waals surface area (Å²) in [5, 5.41) is 2.89. The average molecular weight is 305 g/mol. The molecule has 0 heterocycles. The second-order valence-corrected chi connectivity index (χ2v) is 5.96. The Kier molecular flexibility index (Phi) is 7.05. The molecule has 0 spiro atoms. The minimum atomic E-state index is -0.159. The van der Waals surface area contributed by atoms with Gasteiger partial charge in [-0.15, -0.1) is 0 Å². The van der Waals surface area contributed by atoms with Crippen molar-refractivity contribution in [3.63, 3.8) is 0 Å². The van der Waals surface area contributed by atoms with Gasteiger partial charge in [0.15, 0.2) is 0 Å². The number of rotatable bonds is 7. The SMILES string of the molecule is CC(=O)N(CCCN(C)C)CC(=O)Nc1cc(C)ccc1C. The van der Waals surface area contributed by atoms with E-state index in [9.17, 15) is 9.59 Å². The average Bonchev–Trinajstić information content (AvgIpc) is 2.41. The van der Waals surface area contributed by atoms with E-state index in [1.165, 1.54) is 6.92 Å². The summed E-state index contributed by atoms with van der Waals surface area (Å²) in [6.07, 6.45) is 0.851. The maximum atomic E-state index is 12.2. The Morgan fingerprint density at radius 2 is 1.82 bits per heavy atom. The number of nitrogens with zero attached hydrogens (tertiary/aromatic N) is 2. The fourth-order valence-electron chi connectivity index (χ4n) is 2.16. The highest BCUT2D eigenvalue weighted by Gasteiger charge is 2.14. The van der Waals surface area contributed by atoms with Crippen LogP contribution in [-0.4, -0.2) is 55.3 Å². The molecule has 0 aliphatic rings. The first-order valence-corrected chi connectivity index (χ1v) is 7.57. The molecule has 5 heteroatoms. The molecule has 0 radical (unpaired) electrons. The van der Waals surface area contributed by atoms with Crippen molar-refractivity contribution in [3.8, 4) is 0 Å². The van der Waals surface area contributed by atoms with Crippen LogP contribution in [0.5, 0.6) is 0 Å². The number of aryl methyl sites for hydroxylation is 2. The van der Waals surface area contributed by atoms with Crippen LogP contribution in [0.15, 0.2) is 18.2 Å². The molecule has 1 N–H and O–H groups in total. The molecule has 0 aliphatic heterocycles. The molecule has 122 valence electrons. The number of carbonyl (C=O) groups excluding carboxylic acids is 2. The van der Waals surface area contributed by atoms with Crippen LogP contribution in [0.2, 0.25) is 0 Å². The molecule has 1 rings (SSSR count). The summed E-state index contributed by atoms with van der Waals surface area (Å²) in [5.41, 5.74) is 2.91. The Hall–Kier alpha value is -1.88. The van der Waals surface area contributed by atoms with Gasteiger partial charge in [-0.25, -0.2) is 0 Å². The van der Waals surface area contributed by atoms with Gasteiger partial charge in [0.05, 0.1) is 6.54 Å². The highest BCUT2D eigenvalue weighted by Crippen LogP contribution is 2.16. The van der Waals surface area contributed by atoms with Crippen molar-refractivity contribution >= 4 is 17.5 Å². The predicted octanol–water partition coefficient (Wildman–Crippen LogP) is 2.04. The molecule has 0 bridgehead atoms. The molecule has 0 aromatic heterocycles. The largest absolute Gasteiger partial charge is 0.334 e. The van der Waals surface area contributed by atoms with Crippen molar-refractivity contribution in [3.05, 3.63) is 29.3 Å². The van der Waals surface area contributed by atoms with Gasteiger partial charge in [0.2, 0.25) is 11.8 Å². The van der Waals surface area contributed by atoms with Crippen LogP contribution in [0.25, 0.3) is 0 Å². The monoisotopic (exact) mass is 305 g/mol. The van der Waals surface area contributed by atoms with Gasteiger partial charge in [0.25, 0.3) is 0 Å². The van der Waals surface area contributed by atoms with Crippen molar-refractivity contribution in [2.45, 2.75) is 27.2 Å². The number of nitrogens with one attached hydrogen (secondary N) is 1. The first-order valence-electron chi connectivity index (χ1n) is 7.57. The van der Waals surface area contributed by atoms with Gasteiger partial charge in [-0.05, 0) is 58.1 Å². The maximum absolute atomic E-state index is 12.2. The van der Waals surface area contributed by atoms with Gasteiger partial charge in [0, 0.05) is 19.2 Å². The van der Waals surface area contributed by atoms with Crippen LogP contribution < -0.4 is 5.32 Å². The second-order valence-electron chi connectivity index (χ2n) is 5.96. The van der Waals surface area contributed by atoms with E-state index in [2.05, 4.69) is 10.2 Å². The third-order valence-electron chi connectivity index (χ3n) is 3.48.